The van der Waals surface area contributed by atoms with Crippen LogP contribution in [0.2, 0.25) is 0 Å². The molecule has 1 saturated carbocycles. The van der Waals surface area contributed by atoms with Crippen molar-refractivity contribution in [3.8, 4) is 0 Å². The largest absolute Gasteiger partial charge is 0.416 e. The Morgan fingerprint density at radius 1 is 1.22 bits per heavy atom. The Balaban J connectivity index is 1.87. The van der Waals surface area contributed by atoms with Gasteiger partial charge in [0.2, 0.25) is 0 Å². The molecule has 4 heteroatoms. The third kappa shape index (κ3) is 3.73. The van der Waals surface area contributed by atoms with Gasteiger partial charge in [-0.25, -0.2) is 0 Å². The van der Waals surface area contributed by atoms with E-state index in [1.54, 1.807) is 12.1 Å². The van der Waals surface area contributed by atoms with E-state index in [1.807, 2.05) is 6.92 Å². The summed E-state index contributed by atoms with van der Waals surface area (Å²) >= 11 is 0. The molecule has 0 amide bonds. The summed E-state index contributed by atoms with van der Waals surface area (Å²) in [7, 11) is 0. The van der Waals surface area contributed by atoms with Crippen molar-refractivity contribution in [2.24, 2.45) is 5.92 Å². The normalized spacial score (nSPS) is 17.8. The fraction of sp³-hybridized carbons (Fsp3) is 0.571. The zero-order valence-electron chi connectivity index (χ0n) is 10.4. The standard InChI is InChI=1S/C14H18F3N/c1-10(18-9-8-11-2-3-11)12-4-6-13(7-5-12)14(15,16)17/h4-7,10-11,18H,2-3,8-9H2,1H3. The number of benzene rings is 1. The lowest BCUT2D eigenvalue weighted by Gasteiger charge is -2.15. The summed E-state index contributed by atoms with van der Waals surface area (Å²) in [6.45, 7) is 2.92. The van der Waals surface area contributed by atoms with Crippen LogP contribution in [0.5, 0.6) is 0 Å². The lowest BCUT2D eigenvalue weighted by atomic mass is 10.1. The van der Waals surface area contributed by atoms with E-state index in [4.69, 9.17) is 0 Å². The summed E-state index contributed by atoms with van der Waals surface area (Å²) in [6.07, 6.45) is -0.418. The van der Waals surface area contributed by atoms with E-state index < -0.39 is 11.7 Å². The summed E-state index contributed by atoms with van der Waals surface area (Å²) in [4.78, 5) is 0. The Kier molecular flexibility index (Phi) is 3.95. The van der Waals surface area contributed by atoms with E-state index in [1.165, 1.54) is 19.3 Å². The molecule has 2 rings (SSSR count). The molecule has 18 heavy (non-hydrogen) atoms. The molecule has 1 aromatic rings. The molecule has 0 aromatic heterocycles. The molecule has 0 saturated heterocycles. The van der Waals surface area contributed by atoms with E-state index in [-0.39, 0.29) is 6.04 Å². The van der Waals surface area contributed by atoms with E-state index in [9.17, 15) is 13.2 Å². The minimum atomic E-state index is -4.25. The number of hydrogen-bond acceptors (Lipinski definition) is 1. The fourth-order valence-electron chi connectivity index (χ4n) is 1.99. The van der Waals surface area contributed by atoms with E-state index in [0.717, 1.165) is 30.2 Å². The van der Waals surface area contributed by atoms with Crippen molar-refractivity contribution in [2.75, 3.05) is 6.54 Å². The first-order valence-electron chi connectivity index (χ1n) is 6.37. The monoisotopic (exact) mass is 257 g/mol. The average molecular weight is 257 g/mol. The van der Waals surface area contributed by atoms with Crippen molar-refractivity contribution in [2.45, 2.75) is 38.4 Å². The van der Waals surface area contributed by atoms with E-state index in [2.05, 4.69) is 5.32 Å². The van der Waals surface area contributed by atoms with Gasteiger partial charge in [0, 0.05) is 6.04 Å². The van der Waals surface area contributed by atoms with Crippen LogP contribution < -0.4 is 5.32 Å². The highest BCUT2D eigenvalue weighted by Gasteiger charge is 2.30. The first-order valence-corrected chi connectivity index (χ1v) is 6.37. The number of nitrogens with one attached hydrogen (secondary N) is 1. The van der Waals surface area contributed by atoms with Gasteiger partial charge in [-0.3, -0.25) is 0 Å². The molecule has 0 aliphatic heterocycles. The van der Waals surface area contributed by atoms with Crippen LogP contribution in [0.4, 0.5) is 13.2 Å². The SMILES string of the molecule is CC(NCCC1CC1)c1ccc(C(F)(F)F)cc1. The zero-order chi connectivity index (χ0) is 13.2. The Bertz CT molecular complexity index is 379. The summed E-state index contributed by atoms with van der Waals surface area (Å²) in [6, 6.07) is 5.50. The summed E-state index contributed by atoms with van der Waals surface area (Å²) in [5.41, 5.74) is 0.315. The molecule has 1 aliphatic rings. The van der Waals surface area contributed by atoms with Crippen LogP contribution in [-0.4, -0.2) is 6.54 Å². The van der Waals surface area contributed by atoms with Crippen LogP contribution in [0.3, 0.4) is 0 Å². The molecular weight excluding hydrogens is 239 g/mol. The van der Waals surface area contributed by atoms with Crippen molar-refractivity contribution in [1.29, 1.82) is 0 Å². The van der Waals surface area contributed by atoms with Crippen LogP contribution in [0.15, 0.2) is 24.3 Å². The smallest absolute Gasteiger partial charge is 0.310 e. The maximum absolute atomic E-state index is 12.4. The average Bonchev–Trinajstić information content (AvgIpc) is 3.12. The van der Waals surface area contributed by atoms with Gasteiger partial charge in [0.25, 0.3) is 0 Å². The third-order valence-corrected chi connectivity index (χ3v) is 3.44. The number of alkyl halides is 3. The number of rotatable bonds is 5. The predicted molar refractivity (Wildman–Crippen MR) is 65.2 cm³/mol. The fourth-order valence-corrected chi connectivity index (χ4v) is 1.99. The highest BCUT2D eigenvalue weighted by atomic mass is 19.4. The van der Waals surface area contributed by atoms with Crippen molar-refractivity contribution in [1.82, 2.24) is 5.32 Å². The summed E-state index contributed by atoms with van der Waals surface area (Å²) in [5.74, 6) is 0.873. The van der Waals surface area contributed by atoms with Gasteiger partial charge >= 0.3 is 6.18 Å². The third-order valence-electron chi connectivity index (χ3n) is 3.44. The maximum Gasteiger partial charge on any atom is 0.416 e. The zero-order valence-corrected chi connectivity index (χ0v) is 10.4. The Hall–Kier alpha value is -1.03. The van der Waals surface area contributed by atoms with Gasteiger partial charge in [0.05, 0.1) is 5.56 Å². The van der Waals surface area contributed by atoms with Gasteiger partial charge in [0.15, 0.2) is 0 Å². The molecule has 0 spiro atoms. The first kappa shape index (κ1) is 13.4. The molecule has 100 valence electrons. The molecule has 0 heterocycles. The Morgan fingerprint density at radius 3 is 2.33 bits per heavy atom. The molecule has 1 unspecified atom stereocenters. The van der Waals surface area contributed by atoms with Gasteiger partial charge in [-0.2, -0.15) is 13.2 Å². The molecule has 1 aromatic carbocycles. The Morgan fingerprint density at radius 2 is 1.83 bits per heavy atom. The molecule has 0 radical (unpaired) electrons. The number of halogens is 3. The van der Waals surface area contributed by atoms with Gasteiger partial charge in [0.1, 0.15) is 0 Å². The van der Waals surface area contributed by atoms with Crippen LogP contribution in [0, 0.1) is 5.92 Å². The molecule has 1 fully saturated rings. The van der Waals surface area contributed by atoms with Crippen molar-refractivity contribution < 1.29 is 13.2 Å². The quantitative estimate of drug-likeness (QED) is 0.835. The Labute approximate surface area is 105 Å². The highest BCUT2D eigenvalue weighted by molar-refractivity contribution is 5.26. The topological polar surface area (TPSA) is 12.0 Å². The molecular formula is C14H18F3N. The van der Waals surface area contributed by atoms with Gasteiger partial charge in [-0.15, -0.1) is 0 Å². The van der Waals surface area contributed by atoms with Gasteiger partial charge in [-0.05, 0) is 43.5 Å². The second-order valence-electron chi connectivity index (χ2n) is 5.03. The second-order valence-corrected chi connectivity index (χ2v) is 5.03. The predicted octanol–water partition coefficient (Wildman–Crippen LogP) is 4.16. The van der Waals surface area contributed by atoms with Gasteiger partial charge in [-0.1, -0.05) is 25.0 Å². The maximum atomic E-state index is 12.4. The number of hydrogen-bond donors (Lipinski definition) is 1. The lowest BCUT2D eigenvalue weighted by Crippen LogP contribution is -2.20. The molecule has 1 atom stereocenters. The van der Waals surface area contributed by atoms with Crippen LogP contribution in [-0.2, 0) is 6.18 Å². The highest BCUT2D eigenvalue weighted by Crippen LogP contribution is 2.32. The van der Waals surface area contributed by atoms with Crippen LogP contribution >= 0.6 is 0 Å². The summed E-state index contributed by atoms with van der Waals surface area (Å²) < 4.78 is 37.2. The first-order chi connectivity index (χ1) is 8.47. The summed E-state index contributed by atoms with van der Waals surface area (Å²) in [5, 5.41) is 3.35. The van der Waals surface area contributed by atoms with Crippen LogP contribution in [0.25, 0.3) is 0 Å². The van der Waals surface area contributed by atoms with E-state index in [0.29, 0.717) is 0 Å². The minimum absolute atomic E-state index is 0.103. The van der Waals surface area contributed by atoms with Crippen molar-refractivity contribution in [3.05, 3.63) is 35.4 Å². The molecule has 1 N–H and O–H groups in total. The lowest BCUT2D eigenvalue weighted by molar-refractivity contribution is -0.137. The molecule has 1 aliphatic carbocycles. The minimum Gasteiger partial charge on any atom is -0.310 e. The van der Waals surface area contributed by atoms with Crippen molar-refractivity contribution >= 4 is 0 Å². The van der Waals surface area contributed by atoms with Crippen molar-refractivity contribution in [3.63, 3.8) is 0 Å². The molecule has 0 bridgehead atoms. The second kappa shape index (κ2) is 5.31. The molecule has 1 nitrogen and oxygen atoms in total. The van der Waals surface area contributed by atoms with E-state index >= 15 is 0 Å². The van der Waals surface area contributed by atoms with Gasteiger partial charge < -0.3 is 5.32 Å². The van der Waals surface area contributed by atoms with Crippen LogP contribution in [0.1, 0.15) is 43.4 Å².